The first-order chi connectivity index (χ1) is 22.2. The third-order valence-electron chi connectivity index (χ3n) is 11.8. The van der Waals surface area contributed by atoms with E-state index in [0.29, 0.717) is 17.5 Å². The molecule has 0 unspecified atom stereocenters. The molecule has 0 aliphatic heterocycles. The van der Waals surface area contributed by atoms with Crippen molar-refractivity contribution in [1.82, 2.24) is 19.9 Å². The Kier molecular flexibility index (Phi) is 7.86. The molecule has 0 saturated carbocycles. The largest absolute Gasteiger partial charge is 0.255 e. The number of rotatable bonds is 4. The van der Waals surface area contributed by atoms with Gasteiger partial charge >= 0.3 is 0 Å². The molecule has 5 aromatic rings. The molecule has 248 valence electrons. The molecule has 4 heteroatoms. The monoisotopic (exact) mass is 636 g/mol. The zero-order valence-corrected chi connectivity index (χ0v) is 31.3. The Labute approximate surface area is 288 Å². The van der Waals surface area contributed by atoms with Crippen molar-refractivity contribution in [3.05, 3.63) is 107 Å². The second kappa shape index (κ2) is 11.2. The fourth-order valence-corrected chi connectivity index (χ4v) is 7.16. The molecular weight excluding hydrogens is 585 g/mol. The predicted molar refractivity (Wildman–Crippen MR) is 201 cm³/mol. The van der Waals surface area contributed by atoms with Crippen molar-refractivity contribution in [3.63, 3.8) is 0 Å². The fourth-order valence-electron chi connectivity index (χ4n) is 7.16. The summed E-state index contributed by atoms with van der Waals surface area (Å²) < 4.78 is 0. The molecule has 3 aromatic carbocycles. The smallest absolute Gasteiger partial charge is 0.165 e. The maximum Gasteiger partial charge on any atom is 0.165 e. The van der Waals surface area contributed by atoms with E-state index in [4.69, 9.17) is 19.9 Å². The normalized spacial score (nSPS) is 16.5. The summed E-state index contributed by atoms with van der Waals surface area (Å²) in [7, 11) is 0. The molecule has 0 spiro atoms. The molecule has 6 rings (SSSR count). The summed E-state index contributed by atoms with van der Waals surface area (Å²) in [6.45, 7) is 29.8. The van der Waals surface area contributed by atoms with Crippen LogP contribution in [0.2, 0.25) is 0 Å². The van der Waals surface area contributed by atoms with Crippen molar-refractivity contribution >= 4 is 0 Å². The van der Waals surface area contributed by atoms with E-state index in [9.17, 15) is 0 Å². The van der Waals surface area contributed by atoms with Gasteiger partial charge in [-0.25, -0.2) is 15.0 Å². The number of aryl methyl sites for hydroxylation is 1. The van der Waals surface area contributed by atoms with E-state index in [2.05, 4.69) is 163 Å². The Morgan fingerprint density at radius 1 is 0.500 bits per heavy atom. The number of hydrogen-bond donors (Lipinski definition) is 0. The lowest BCUT2D eigenvalue weighted by atomic mass is 9.59. The molecule has 48 heavy (non-hydrogen) atoms. The number of pyridine rings is 1. The van der Waals surface area contributed by atoms with Crippen LogP contribution < -0.4 is 0 Å². The van der Waals surface area contributed by atoms with Gasteiger partial charge in [0.25, 0.3) is 0 Å². The molecule has 2 aromatic heterocycles. The van der Waals surface area contributed by atoms with Crippen LogP contribution in [0.1, 0.15) is 111 Å². The molecule has 0 saturated heterocycles. The van der Waals surface area contributed by atoms with Gasteiger partial charge in [0.05, 0.1) is 5.69 Å². The van der Waals surface area contributed by atoms with Crippen molar-refractivity contribution in [2.24, 2.45) is 5.41 Å². The lowest BCUT2D eigenvalue weighted by Gasteiger charge is -2.44. The van der Waals surface area contributed by atoms with Crippen LogP contribution in [0, 0.1) is 12.3 Å². The van der Waals surface area contributed by atoms with Gasteiger partial charge in [-0.3, -0.25) is 4.98 Å². The number of fused-ring (bicyclic) bond motifs is 1. The number of nitrogens with zero attached hydrogens (tertiary/aromatic N) is 4. The van der Waals surface area contributed by atoms with Crippen LogP contribution >= 0.6 is 0 Å². The molecule has 0 N–H and O–H groups in total. The van der Waals surface area contributed by atoms with Crippen LogP contribution in [0.5, 0.6) is 0 Å². The van der Waals surface area contributed by atoms with E-state index in [1.165, 1.54) is 22.3 Å². The van der Waals surface area contributed by atoms with E-state index in [1.807, 2.05) is 6.20 Å². The Balaban J connectivity index is 1.44. The number of benzene rings is 3. The molecular formula is C44H52N4. The zero-order valence-electron chi connectivity index (χ0n) is 31.3. The van der Waals surface area contributed by atoms with E-state index in [-0.39, 0.29) is 27.1 Å². The first kappa shape index (κ1) is 33.7. The highest BCUT2D eigenvalue weighted by Crippen LogP contribution is 2.61. The number of hydrogen-bond acceptors (Lipinski definition) is 4. The SMILES string of the molecule is Cc1cc(-c2ccc3c(c2)C(C)(C)C(C)(C)C3(C)C)ncc1-c1nc(-c2ccc(C(C)(C)C)cc2)nc(-c2ccc(C(C)(C)C)cc2)n1. The second-order valence-electron chi connectivity index (χ2n) is 17.5. The first-order valence-corrected chi connectivity index (χ1v) is 17.3. The fraction of sp³-hybridized carbons (Fsp3) is 0.409. The minimum atomic E-state index is 0.0324. The minimum Gasteiger partial charge on any atom is -0.255 e. The standard InChI is InChI=1S/C44H52N4/c1-27-24-36(30-18-23-34-35(25-30)43(10,11)44(12,13)42(34,8)9)45-26-33(27)39-47-37(28-14-19-31(20-15-28)40(2,3)4)46-38(48-39)29-16-21-32(22-17-29)41(5,6)7/h14-26H,1-13H3. The van der Waals surface area contributed by atoms with Gasteiger partial charge in [-0.15, -0.1) is 0 Å². The van der Waals surface area contributed by atoms with Crippen LogP contribution in [-0.2, 0) is 21.7 Å². The molecule has 1 aliphatic carbocycles. The lowest BCUT2D eigenvalue weighted by Crippen LogP contribution is -2.42. The van der Waals surface area contributed by atoms with Gasteiger partial charge in [0.2, 0.25) is 0 Å². The molecule has 1 aliphatic rings. The quantitative estimate of drug-likeness (QED) is 0.197. The van der Waals surface area contributed by atoms with Crippen LogP contribution in [0.4, 0.5) is 0 Å². The zero-order chi connectivity index (χ0) is 35.0. The van der Waals surface area contributed by atoms with E-state index in [1.54, 1.807) is 0 Å². The predicted octanol–water partition coefficient (Wildman–Crippen LogP) is 11.4. The third kappa shape index (κ3) is 5.57. The van der Waals surface area contributed by atoms with Crippen LogP contribution in [-0.4, -0.2) is 19.9 Å². The summed E-state index contributed by atoms with van der Waals surface area (Å²) >= 11 is 0. The Hall–Kier alpha value is -4.18. The van der Waals surface area contributed by atoms with E-state index >= 15 is 0 Å². The number of aromatic nitrogens is 4. The summed E-state index contributed by atoms with van der Waals surface area (Å²) in [5, 5.41) is 0. The van der Waals surface area contributed by atoms with Crippen molar-refractivity contribution in [3.8, 4) is 45.4 Å². The van der Waals surface area contributed by atoms with Gasteiger partial charge in [-0.05, 0) is 73.9 Å². The average molecular weight is 637 g/mol. The van der Waals surface area contributed by atoms with Gasteiger partial charge in [0.1, 0.15) is 0 Å². The van der Waals surface area contributed by atoms with Crippen molar-refractivity contribution in [1.29, 1.82) is 0 Å². The van der Waals surface area contributed by atoms with E-state index < -0.39 is 0 Å². The van der Waals surface area contributed by atoms with Crippen LogP contribution in [0.25, 0.3) is 45.4 Å². The summed E-state index contributed by atoms with van der Waals surface area (Å²) in [5.74, 6) is 1.94. The third-order valence-corrected chi connectivity index (χ3v) is 11.8. The summed E-state index contributed by atoms with van der Waals surface area (Å²) in [5.41, 5.74) is 11.8. The molecule has 0 atom stereocenters. The van der Waals surface area contributed by atoms with Crippen molar-refractivity contribution in [2.45, 2.75) is 112 Å². The van der Waals surface area contributed by atoms with Gasteiger partial charge in [0.15, 0.2) is 17.5 Å². The molecule has 0 fully saturated rings. The van der Waals surface area contributed by atoms with Crippen molar-refractivity contribution < 1.29 is 0 Å². The Morgan fingerprint density at radius 2 is 0.938 bits per heavy atom. The lowest BCUT2D eigenvalue weighted by molar-refractivity contribution is 0.125. The summed E-state index contributed by atoms with van der Waals surface area (Å²) in [6, 6.07) is 26.3. The average Bonchev–Trinajstić information content (AvgIpc) is 3.13. The summed E-state index contributed by atoms with van der Waals surface area (Å²) in [4.78, 5) is 20.1. The first-order valence-electron chi connectivity index (χ1n) is 17.3. The van der Waals surface area contributed by atoms with Crippen LogP contribution in [0.3, 0.4) is 0 Å². The highest BCUT2D eigenvalue weighted by Gasteiger charge is 2.56. The Bertz CT molecular complexity index is 1920. The van der Waals surface area contributed by atoms with Crippen LogP contribution in [0.15, 0.2) is 79.0 Å². The van der Waals surface area contributed by atoms with Crippen molar-refractivity contribution in [2.75, 3.05) is 0 Å². The van der Waals surface area contributed by atoms with Gasteiger partial charge < -0.3 is 0 Å². The highest BCUT2D eigenvalue weighted by atomic mass is 15.0. The molecule has 2 heterocycles. The summed E-state index contributed by atoms with van der Waals surface area (Å²) in [6.07, 6.45) is 1.94. The Morgan fingerprint density at radius 3 is 1.40 bits per heavy atom. The van der Waals surface area contributed by atoms with E-state index in [0.717, 1.165) is 33.5 Å². The van der Waals surface area contributed by atoms with Gasteiger partial charge in [-0.1, -0.05) is 144 Å². The van der Waals surface area contributed by atoms with Gasteiger partial charge in [0, 0.05) is 28.5 Å². The molecule has 4 nitrogen and oxygen atoms in total. The topological polar surface area (TPSA) is 51.6 Å². The maximum atomic E-state index is 5.05. The minimum absolute atomic E-state index is 0.0324. The molecule has 0 amide bonds. The molecule has 0 radical (unpaired) electrons. The molecule has 0 bridgehead atoms. The maximum absolute atomic E-state index is 5.05. The second-order valence-corrected chi connectivity index (χ2v) is 17.5. The van der Waals surface area contributed by atoms with Gasteiger partial charge in [-0.2, -0.15) is 0 Å². The highest BCUT2D eigenvalue weighted by molar-refractivity contribution is 5.71.